The molecule has 130 valence electrons. The van der Waals surface area contributed by atoms with E-state index in [1.165, 1.54) is 0 Å². The van der Waals surface area contributed by atoms with Crippen molar-refractivity contribution in [3.05, 3.63) is 18.2 Å². The Morgan fingerprint density at radius 1 is 1.22 bits per heavy atom. The lowest BCUT2D eigenvalue weighted by Gasteiger charge is -2.21. The van der Waals surface area contributed by atoms with Gasteiger partial charge in [0.25, 0.3) is 0 Å². The van der Waals surface area contributed by atoms with Crippen LogP contribution in [0.2, 0.25) is 0 Å². The van der Waals surface area contributed by atoms with Gasteiger partial charge in [0.05, 0.1) is 17.7 Å². The van der Waals surface area contributed by atoms with Crippen molar-refractivity contribution < 1.29 is 18.3 Å². The van der Waals surface area contributed by atoms with E-state index in [9.17, 15) is 8.42 Å². The van der Waals surface area contributed by atoms with E-state index in [1.807, 2.05) is 0 Å². The van der Waals surface area contributed by atoms with Gasteiger partial charge >= 0.3 is 0 Å². The summed E-state index contributed by atoms with van der Waals surface area (Å²) in [6, 6.07) is 4.89. The Hall–Kier alpha value is -1.31. The number of nitrogens with zero attached hydrogens (tertiary/aromatic N) is 1. The molecule has 2 rings (SSSR count). The lowest BCUT2D eigenvalue weighted by atomic mass is 10.2. The summed E-state index contributed by atoms with van der Waals surface area (Å²) in [5.74, 6) is 0.595. The predicted octanol–water partition coefficient (Wildman–Crippen LogP) is 2.05. The van der Waals surface area contributed by atoms with Crippen molar-refractivity contribution in [3.63, 3.8) is 0 Å². The summed E-state index contributed by atoms with van der Waals surface area (Å²) >= 11 is 0. The molecule has 0 saturated carbocycles. The number of hydrogen-bond donors (Lipinski definition) is 2. The van der Waals surface area contributed by atoms with Crippen molar-refractivity contribution in [2.75, 3.05) is 38.7 Å². The normalized spacial score (nSPS) is 16.8. The maximum atomic E-state index is 12.8. The maximum absolute atomic E-state index is 12.8. The van der Waals surface area contributed by atoms with Gasteiger partial charge in [-0.05, 0) is 37.5 Å². The van der Waals surface area contributed by atoms with Crippen molar-refractivity contribution in [1.82, 2.24) is 4.31 Å². The van der Waals surface area contributed by atoms with Crippen LogP contribution in [0.4, 0.5) is 5.69 Å². The van der Waals surface area contributed by atoms with E-state index >= 15 is 0 Å². The molecule has 0 spiro atoms. The van der Waals surface area contributed by atoms with E-state index in [0.717, 1.165) is 25.7 Å². The third-order valence-electron chi connectivity index (χ3n) is 4.02. The number of rotatable bonds is 7. The molecule has 1 aromatic carbocycles. The summed E-state index contributed by atoms with van der Waals surface area (Å²) in [6.45, 7) is 1.81. The quantitative estimate of drug-likeness (QED) is 0.742. The smallest absolute Gasteiger partial charge is 0.243 e. The van der Waals surface area contributed by atoms with E-state index in [1.54, 1.807) is 29.6 Å². The maximum Gasteiger partial charge on any atom is 0.243 e. The van der Waals surface area contributed by atoms with E-state index < -0.39 is 10.0 Å². The number of aliphatic hydroxyl groups is 1. The molecular formula is C16H26N2O4S. The van der Waals surface area contributed by atoms with Crippen LogP contribution < -0.4 is 10.1 Å². The first-order valence-electron chi connectivity index (χ1n) is 8.12. The van der Waals surface area contributed by atoms with Gasteiger partial charge in [0.1, 0.15) is 5.75 Å². The molecule has 1 aliphatic heterocycles. The van der Waals surface area contributed by atoms with E-state index in [0.29, 0.717) is 37.5 Å². The highest BCUT2D eigenvalue weighted by Crippen LogP contribution is 2.29. The van der Waals surface area contributed by atoms with Gasteiger partial charge in [-0.2, -0.15) is 4.31 Å². The molecule has 23 heavy (non-hydrogen) atoms. The lowest BCUT2D eigenvalue weighted by molar-refractivity contribution is 0.292. The Morgan fingerprint density at radius 3 is 2.52 bits per heavy atom. The molecular weight excluding hydrogens is 316 g/mol. The van der Waals surface area contributed by atoms with Gasteiger partial charge in [-0.1, -0.05) is 12.8 Å². The summed E-state index contributed by atoms with van der Waals surface area (Å²) in [5.41, 5.74) is 0.636. The molecule has 0 atom stereocenters. The van der Waals surface area contributed by atoms with E-state index in [-0.39, 0.29) is 11.5 Å². The zero-order valence-corrected chi connectivity index (χ0v) is 14.4. The Balaban J connectivity index is 2.24. The topological polar surface area (TPSA) is 78.9 Å². The molecule has 6 nitrogen and oxygen atoms in total. The molecule has 0 radical (unpaired) electrons. The number of ether oxygens (including phenoxy) is 1. The molecule has 0 bridgehead atoms. The minimum Gasteiger partial charge on any atom is -0.495 e. The van der Waals surface area contributed by atoms with Gasteiger partial charge in [-0.15, -0.1) is 0 Å². The molecule has 1 aromatic rings. The predicted molar refractivity (Wildman–Crippen MR) is 90.4 cm³/mol. The molecule has 0 amide bonds. The summed E-state index contributed by atoms with van der Waals surface area (Å²) < 4.78 is 32.5. The molecule has 1 fully saturated rings. The van der Waals surface area contributed by atoms with Crippen molar-refractivity contribution >= 4 is 15.7 Å². The Labute approximate surface area is 138 Å². The molecule has 7 heteroatoms. The van der Waals surface area contributed by atoms with Crippen LogP contribution in [0.3, 0.4) is 0 Å². The summed E-state index contributed by atoms with van der Waals surface area (Å²) in [5, 5.41) is 12.0. The largest absolute Gasteiger partial charge is 0.495 e. The van der Waals surface area contributed by atoms with Crippen LogP contribution in [0.5, 0.6) is 5.75 Å². The van der Waals surface area contributed by atoms with Gasteiger partial charge in [0.15, 0.2) is 0 Å². The fourth-order valence-electron chi connectivity index (χ4n) is 2.72. The van der Waals surface area contributed by atoms with E-state index in [4.69, 9.17) is 9.84 Å². The minimum atomic E-state index is -3.48. The molecule has 0 aliphatic carbocycles. The van der Waals surface area contributed by atoms with Gasteiger partial charge < -0.3 is 15.2 Å². The molecule has 1 aliphatic rings. The van der Waals surface area contributed by atoms with Crippen LogP contribution in [-0.4, -0.2) is 51.2 Å². The number of aliphatic hydroxyl groups excluding tert-OH is 1. The average molecular weight is 342 g/mol. The highest BCUT2D eigenvalue weighted by atomic mass is 32.2. The minimum absolute atomic E-state index is 0.0844. The van der Waals surface area contributed by atoms with Crippen LogP contribution >= 0.6 is 0 Å². The number of anilines is 1. The SMILES string of the molecule is COc1ccc(S(=O)(=O)N2CCCCCC2)cc1NCCCO. The van der Waals surface area contributed by atoms with Crippen molar-refractivity contribution in [3.8, 4) is 5.75 Å². The van der Waals surface area contributed by atoms with Crippen molar-refractivity contribution in [2.24, 2.45) is 0 Å². The second-order valence-electron chi connectivity index (χ2n) is 5.68. The van der Waals surface area contributed by atoms with Crippen LogP contribution in [0.1, 0.15) is 32.1 Å². The number of methoxy groups -OCH3 is 1. The van der Waals surface area contributed by atoms with Crippen LogP contribution in [0, 0.1) is 0 Å². The average Bonchev–Trinajstić information content (AvgIpc) is 2.84. The number of benzene rings is 1. The second kappa shape index (κ2) is 8.52. The molecule has 1 saturated heterocycles. The molecule has 2 N–H and O–H groups in total. The summed E-state index contributed by atoms with van der Waals surface area (Å²) in [4.78, 5) is 0.284. The first-order valence-corrected chi connectivity index (χ1v) is 9.56. The zero-order chi connectivity index (χ0) is 16.7. The summed E-state index contributed by atoms with van der Waals surface area (Å²) in [7, 11) is -1.92. The first-order chi connectivity index (χ1) is 11.1. The number of nitrogens with one attached hydrogen (secondary N) is 1. The van der Waals surface area contributed by atoms with Gasteiger partial charge in [0.2, 0.25) is 10.0 Å². The van der Waals surface area contributed by atoms with Crippen LogP contribution in [-0.2, 0) is 10.0 Å². The zero-order valence-electron chi connectivity index (χ0n) is 13.6. The fraction of sp³-hybridized carbons (Fsp3) is 0.625. The van der Waals surface area contributed by atoms with Crippen LogP contribution in [0.15, 0.2) is 23.1 Å². The first kappa shape index (κ1) is 18.0. The summed E-state index contributed by atoms with van der Waals surface area (Å²) in [6.07, 6.45) is 4.59. The van der Waals surface area contributed by atoms with Gasteiger partial charge in [0, 0.05) is 26.2 Å². The Kier molecular flexibility index (Phi) is 6.68. The van der Waals surface area contributed by atoms with Gasteiger partial charge in [-0.3, -0.25) is 0 Å². The number of hydrogen-bond acceptors (Lipinski definition) is 5. The molecule has 1 heterocycles. The lowest BCUT2D eigenvalue weighted by Crippen LogP contribution is -2.32. The number of sulfonamides is 1. The third-order valence-corrected chi connectivity index (χ3v) is 5.92. The van der Waals surface area contributed by atoms with E-state index in [2.05, 4.69) is 5.32 Å². The van der Waals surface area contributed by atoms with Gasteiger partial charge in [-0.25, -0.2) is 8.42 Å². The monoisotopic (exact) mass is 342 g/mol. The second-order valence-corrected chi connectivity index (χ2v) is 7.62. The standard InChI is InChI=1S/C16H26N2O4S/c1-22-16-8-7-14(13-15(16)17-9-6-12-19)23(20,21)18-10-4-2-3-5-11-18/h7-8,13,17,19H,2-6,9-12H2,1H3. The van der Waals surface area contributed by atoms with Crippen LogP contribution in [0.25, 0.3) is 0 Å². The Morgan fingerprint density at radius 2 is 1.91 bits per heavy atom. The fourth-order valence-corrected chi connectivity index (χ4v) is 4.26. The Bertz CT molecular complexity index is 596. The highest BCUT2D eigenvalue weighted by molar-refractivity contribution is 7.89. The van der Waals surface area contributed by atoms with Crippen molar-refractivity contribution in [2.45, 2.75) is 37.0 Å². The molecule has 0 aromatic heterocycles. The van der Waals surface area contributed by atoms with Crippen molar-refractivity contribution in [1.29, 1.82) is 0 Å². The third kappa shape index (κ3) is 4.59. The highest BCUT2D eigenvalue weighted by Gasteiger charge is 2.25. The molecule has 0 unspecified atom stereocenters.